The van der Waals surface area contributed by atoms with Crippen LogP contribution in [0.3, 0.4) is 0 Å². The number of hydrogen-bond acceptors (Lipinski definition) is 5. The highest BCUT2D eigenvalue weighted by molar-refractivity contribution is 7.86. The van der Waals surface area contributed by atoms with Crippen LogP contribution in [-0.2, 0) is 34.3 Å². The maximum atomic E-state index is 13.3. The van der Waals surface area contributed by atoms with Crippen molar-refractivity contribution in [2.75, 3.05) is 26.2 Å². The van der Waals surface area contributed by atoms with E-state index < -0.39 is 10.2 Å². The van der Waals surface area contributed by atoms with Gasteiger partial charge in [0.15, 0.2) is 0 Å². The van der Waals surface area contributed by atoms with E-state index in [4.69, 9.17) is 10.5 Å². The van der Waals surface area contributed by atoms with Crippen molar-refractivity contribution in [2.24, 2.45) is 11.7 Å². The molecular weight excluding hydrogens is 438 g/mol. The zero-order chi connectivity index (χ0) is 23.2. The summed E-state index contributed by atoms with van der Waals surface area (Å²) in [4.78, 5) is 0. The third kappa shape index (κ3) is 4.19. The van der Waals surface area contributed by atoms with Gasteiger partial charge in [-0.15, -0.1) is 0 Å². The van der Waals surface area contributed by atoms with Gasteiger partial charge in [-0.3, -0.25) is 0 Å². The molecule has 0 aromatic heterocycles. The average molecular weight is 472 g/mol. The molecule has 2 atom stereocenters. The van der Waals surface area contributed by atoms with Crippen molar-refractivity contribution < 1.29 is 18.3 Å². The van der Waals surface area contributed by atoms with Gasteiger partial charge in [0.2, 0.25) is 0 Å². The maximum Gasteiger partial charge on any atom is 0.282 e. The molecule has 5 rings (SSSR count). The van der Waals surface area contributed by atoms with E-state index in [1.54, 1.807) is 8.61 Å². The van der Waals surface area contributed by atoms with Crippen LogP contribution >= 0.6 is 0 Å². The number of phenols is 1. The largest absolute Gasteiger partial charge is 0.507 e. The van der Waals surface area contributed by atoms with Gasteiger partial charge in [0.25, 0.3) is 10.2 Å². The van der Waals surface area contributed by atoms with Crippen LogP contribution in [0.1, 0.15) is 46.8 Å². The number of benzene rings is 2. The topological polar surface area (TPSA) is 96.1 Å². The van der Waals surface area contributed by atoms with Gasteiger partial charge in [-0.2, -0.15) is 17.0 Å². The smallest absolute Gasteiger partial charge is 0.282 e. The van der Waals surface area contributed by atoms with E-state index in [1.165, 1.54) is 5.56 Å². The van der Waals surface area contributed by atoms with Crippen molar-refractivity contribution in [1.82, 2.24) is 8.61 Å². The number of hydrogen-bond donors (Lipinski definition) is 2. The first kappa shape index (κ1) is 22.8. The highest BCUT2D eigenvalue weighted by Gasteiger charge is 2.39. The standard InChI is InChI=1S/C25H33N3O4S/c1-17-6-7-21-22(25(17)29)14-23(32-24(21)15-26)19-9-11-27(12-10-19)33(30,31)28-13-8-18-4-2-3-5-20(18)16-28/h2-7,19,23-24,29H,8-16,26H2,1H3/t23-,24-/m0/s1. The molecule has 0 radical (unpaired) electrons. The zero-order valence-corrected chi connectivity index (χ0v) is 19.9. The Morgan fingerprint density at radius 1 is 1.06 bits per heavy atom. The lowest BCUT2D eigenvalue weighted by molar-refractivity contribution is -0.0614. The summed E-state index contributed by atoms with van der Waals surface area (Å²) < 4.78 is 36.3. The second kappa shape index (κ2) is 9.00. The van der Waals surface area contributed by atoms with E-state index in [0.29, 0.717) is 44.9 Å². The fraction of sp³-hybridized carbons (Fsp3) is 0.520. The van der Waals surface area contributed by atoms with E-state index in [1.807, 2.05) is 37.3 Å². The fourth-order valence-corrected chi connectivity index (χ4v) is 7.21. The van der Waals surface area contributed by atoms with Crippen LogP contribution in [0.5, 0.6) is 5.75 Å². The van der Waals surface area contributed by atoms with Gasteiger partial charge in [-0.05, 0) is 54.4 Å². The van der Waals surface area contributed by atoms with Crippen molar-refractivity contribution in [2.45, 2.75) is 51.4 Å². The molecule has 3 N–H and O–H groups in total. The van der Waals surface area contributed by atoms with Crippen LogP contribution in [0.15, 0.2) is 36.4 Å². The summed E-state index contributed by atoms with van der Waals surface area (Å²) >= 11 is 0. The van der Waals surface area contributed by atoms with Crippen LogP contribution in [0, 0.1) is 12.8 Å². The van der Waals surface area contributed by atoms with Crippen LogP contribution in [-0.4, -0.2) is 54.4 Å². The quantitative estimate of drug-likeness (QED) is 0.715. The summed E-state index contributed by atoms with van der Waals surface area (Å²) in [6, 6.07) is 12.0. The molecule has 2 aromatic carbocycles. The van der Waals surface area contributed by atoms with E-state index in [2.05, 4.69) is 6.07 Å². The minimum absolute atomic E-state index is 0.0644. The molecule has 0 saturated carbocycles. The molecule has 33 heavy (non-hydrogen) atoms. The fourth-order valence-electron chi connectivity index (χ4n) is 5.59. The van der Waals surface area contributed by atoms with Crippen molar-refractivity contribution in [3.63, 3.8) is 0 Å². The monoisotopic (exact) mass is 471 g/mol. The van der Waals surface area contributed by atoms with Crippen LogP contribution in [0.4, 0.5) is 0 Å². The lowest BCUT2D eigenvalue weighted by Crippen LogP contribution is -2.50. The minimum atomic E-state index is -3.49. The van der Waals surface area contributed by atoms with Gasteiger partial charge < -0.3 is 15.6 Å². The van der Waals surface area contributed by atoms with Crippen molar-refractivity contribution in [1.29, 1.82) is 0 Å². The number of aryl methyl sites for hydroxylation is 1. The highest BCUT2D eigenvalue weighted by Crippen LogP contribution is 2.40. The molecule has 0 unspecified atom stereocenters. The number of nitrogens with zero attached hydrogens (tertiary/aromatic N) is 2. The number of rotatable bonds is 4. The molecule has 0 amide bonds. The number of nitrogens with two attached hydrogens (primary N) is 1. The number of aromatic hydroxyl groups is 1. The molecule has 1 fully saturated rings. The molecule has 7 nitrogen and oxygen atoms in total. The predicted octanol–water partition coefficient (Wildman–Crippen LogP) is 2.66. The molecule has 2 aromatic rings. The number of ether oxygens (including phenoxy) is 1. The second-order valence-electron chi connectivity index (χ2n) is 9.50. The Bertz CT molecular complexity index is 1130. The molecule has 0 spiro atoms. The predicted molar refractivity (Wildman–Crippen MR) is 127 cm³/mol. The lowest BCUT2D eigenvalue weighted by Gasteiger charge is -2.41. The van der Waals surface area contributed by atoms with Gasteiger partial charge in [0.1, 0.15) is 5.75 Å². The van der Waals surface area contributed by atoms with E-state index >= 15 is 0 Å². The Morgan fingerprint density at radius 3 is 2.52 bits per heavy atom. The number of piperidine rings is 1. The summed E-state index contributed by atoms with van der Waals surface area (Å²) in [5.41, 5.74) is 11.1. The molecule has 3 aliphatic heterocycles. The zero-order valence-electron chi connectivity index (χ0n) is 19.1. The second-order valence-corrected chi connectivity index (χ2v) is 11.4. The molecule has 0 bridgehead atoms. The van der Waals surface area contributed by atoms with Gasteiger partial charge >= 0.3 is 0 Å². The first-order valence-corrected chi connectivity index (χ1v) is 13.3. The molecule has 0 aliphatic carbocycles. The van der Waals surface area contributed by atoms with Gasteiger partial charge in [-0.25, -0.2) is 0 Å². The van der Waals surface area contributed by atoms with Crippen LogP contribution < -0.4 is 5.73 Å². The third-order valence-electron chi connectivity index (χ3n) is 7.60. The molecule has 1 saturated heterocycles. The van der Waals surface area contributed by atoms with Crippen LogP contribution in [0.2, 0.25) is 0 Å². The molecule has 178 valence electrons. The Balaban J connectivity index is 1.26. The molecular formula is C25H33N3O4S. The summed E-state index contributed by atoms with van der Waals surface area (Å²) in [7, 11) is -3.49. The molecule has 3 aliphatic rings. The first-order chi connectivity index (χ1) is 15.9. The Labute approximate surface area is 196 Å². The first-order valence-electron chi connectivity index (χ1n) is 11.9. The number of fused-ring (bicyclic) bond motifs is 2. The Morgan fingerprint density at radius 2 is 1.79 bits per heavy atom. The van der Waals surface area contributed by atoms with E-state index in [9.17, 15) is 13.5 Å². The van der Waals surface area contributed by atoms with E-state index in [-0.39, 0.29) is 18.1 Å². The number of phenolic OH excluding ortho intramolecular Hbond substituents is 1. The SMILES string of the molecule is Cc1ccc2c(c1O)C[C@@H](C1CCN(S(=O)(=O)N3CCc4ccccc4C3)CC1)O[C@H]2CN. The summed E-state index contributed by atoms with van der Waals surface area (Å²) in [5, 5.41) is 10.6. The normalized spacial score (nSPS) is 24.9. The van der Waals surface area contributed by atoms with Crippen LogP contribution in [0.25, 0.3) is 0 Å². The summed E-state index contributed by atoms with van der Waals surface area (Å²) in [5.74, 6) is 0.574. The van der Waals surface area contributed by atoms with Crippen molar-refractivity contribution in [3.8, 4) is 5.75 Å². The highest BCUT2D eigenvalue weighted by atomic mass is 32.2. The van der Waals surface area contributed by atoms with E-state index in [0.717, 1.165) is 41.5 Å². The minimum Gasteiger partial charge on any atom is -0.507 e. The Hall–Kier alpha value is -1.97. The van der Waals surface area contributed by atoms with Crippen molar-refractivity contribution in [3.05, 3.63) is 64.2 Å². The summed E-state index contributed by atoms with van der Waals surface area (Å²) in [6.07, 6.45) is 2.58. The Kier molecular flexibility index (Phi) is 6.22. The molecule has 3 heterocycles. The lowest BCUT2D eigenvalue weighted by atomic mass is 9.83. The van der Waals surface area contributed by atoms with Gasteiger partial charge in [0.05, 0.1) is 12.2 Å². The average Bonchev–Trinajstić information content (AvgIpc) is 2.85. The molecule has 8 heteroatoms. The van der Waals surface area contributed by atoms with Crippen molar-refractivity contribution >= 4 is 10.2 Å². The maximum absolute atomic E-state index is 13.3. The summed E-state index contributed by atoms with van der Waals surface area (Å²) in [6.45, 7) is 4.21. The third-order valence-corrected chi connectivity index (χ3v) is 9.58. The van der Waals surface area contributed by atoms with Gasteiger partial charge in [0, 0.05) is 44.7 Å². The van der Waals surface area contributed by atoms with Gasteiger partial charge in [-0.1, -0.05) is 36.4 Å².